The van der Waals surface area contributed by atoms with E-state index in [1.807, 2.05) is 11.5 Å². The van der Waals surface area contributed by atoms with E-state index in [2.05, 4.69) is 26.6 Å². The van der Waals surface area contributed by atoms with Crippen molar-refractivity contribution in [1.29, 1.82) is 0 Å². The van der Waals surface area contributed by atoms with Crippen LogP contribution in [0.1, 0.15) is 6.92 Å². The molecule has 1 unspecified atom stereocenters. The Bertz CT molecular complexity index is 97.8. The van der Waals surface area contributed by atoms with E-state index in [9.17, 15) is 3.50 Å². The van der Waals surface area contributed by atoms with Crippen molar-refractivity contribution in [2.75, 3.05) is 0 Å². The van der Waals surface area contributed by atoms with Crippen LogP contribution in [0.15, 0.2) is 0 Å². The summed E-state index contributed by atoms with van der Waals surface area (Å²) < 4.78 is 13.9. The Morgan fingerprint density at radius 3 is 1.50 bits per heavy atom. The molecule has 0 radical (unpaired) electrons. The molecule has 0 spiro atoms. The van der Waals surface area contributed by atoms with Crippen molar-refractivity contribution in [1.82, 2.24) is 0 Å². The monoisotopic (exact) mass is 224 g/mol. The molecule has 0 aliphatic heterocycles. The molecule has 62 valence electrons. The van der Waals surface area contributed by atoms with Crippen LogP contribution >= 0.6 is 0 Å². The molecular formula is C7H19FGeSi. The van der Waals surface area contributed by atoms with Gasteiger partial charge in [-0.3, -0.25) is 0 Å². The molecule has 10 heavy (non-hydrogen) atoms. The van der Waals surface area contributed by atoms with Crippen molar-refractivity contribution in [3.8, 4) is 0 Å². The summed E-state index contributed by atoms with van der Waals surface area (Å²) in [6.07, 6.45) is 0. The van der Waals surface area contributed by atoms with Gasteiger partial charge in [0.2, 0.25) is 0 Å². The van der Waals surface area contributed by atoms with Crippen LogP contribution in [-0.2, 0) is 0 Å². The molecular weight excluding hydrogens is 204 g/mol. The molecule has 0 fully saturated rings. The molecule has 0 saturated heterocycles. The maximum atomic E-state index is 13.5. The number of hydrogen-bond donors (Lipinski definition) is 0. The van der Waals surface area contributed by atoms with Gasteiger partial charge in [-0.05, 0) is 0 Å². The van der Waals surface area contributed by atoms with Gasteiger partial charge in [-0.2, -0.15) is 0 Å². The molecule has 0 aromatic carbocycles. The van der Waals surface area contributed by atoms with Crippen LogP contribution in [0.3, 0.4) is 0 Å². The fourth-order valence-electron chi connectivity index (χ4n) is 1.03. The summed E-state index contributed by atoms with van der Waals surface area (Å²) in [5.41, 5.74) is 0. The molecule has 1 atom stereocenters. The summed E-state index contributed by atoms with van der Waals surface area (Å²) in [6, 6.07) is 0. The zero-order valence-corrected chi connectivity index (χ0v) is 11.1. The van der Waals surface area contributed by atoms with E-state index < -0.39 is 21.8 Å². The van der Waals surface area contributed by atoms with Crippen molar-refractivity contribution < 1.29 is 3.50 Å². The van der Waals surface area contributed by atoms with Crippen molar-refractivity contribution in [3.63, 3.8) is 0 Å². The van der Waals surface area contributed by atoms with Crippen molar-refractivity contribution in [2.45, 2.75) is 42.5 Å². The van der Waals surface area contributed by atoms with E-state index in [0.717, 1.165) is 0 Å². The molecule has 0 amide bonds. The van der Waals surface area contributed by atoms with Gasteiger partial charge in [0.05, 0.1) is 0 Å². The fourth-order valence-corrected chi connectivity index (χ4v) is 16.1. The van der Waals surface area contributed by atoms with Gasteiger partial charge < -0.3 is 0 Å². The Kier molecular flexibility index (Phi) is 3.18. The zero-order chi connectivity index (χ0) is 8.58. The predicted octanol–water partition coefficient (Wildman–Crippen LogP) is 3.43. The van der Waals surface area contributed by atoms with Crippen LogP contribution in [0.25, 0.3) is 0 Å². The molecule has 0 heterocycles. The second kappa shape index (κ2) is 2.97. The van der Waals surface area contributed by atoms with Crippen molar-refractivity contribution in [3.05, 3.63) is 0 Å². The quantitative estimate of drug-likeness (QED) is 0.629. The molecule has 0 saturated carbocycles. The molecule has 0 aliphatic carbocycles. The third kappa shape index (κ3) is 3.19. The van der Waals surface area contributed by atoms with Crippen molar-refractivity contribution in [2.24, 2.45) is 0 Å². The fraction of sp³-hybridized carbons (Fsp3) is 1.00. The SMILES string of the molecule is C[CH]([Si](C)(C)C)[Ge]([CH3])([CH3])[F]. The van der Waals surface area contributed by atoms with E-state index in [0.29, 0.717) is 4.37 Å². The standard InChI is InChI=1S/C7H19FGeSi/c1-7(9(2,3)8)10(4,5)6/h7H,1-6H3. The second-order valence-electron chi connectivity index (χ2n) is 4.65. The molecule has 0 aromatic heterocycles. The Hall–Kier alpha value is 0.690. The zero-order valence-electron chi connectivity index (χ0n) is 7.96. The molecule has 0 aromatic rings. The Balaban J connectivity index is 4.23. The Morgan fingerprint density at radius 1 is 1.20 bits per heavy atom. The summed E-state index contributed by atoms with van der Waals surface area (Å²) in [4.78, 5) is 0. The summed E-state index contributed by atoms with van der Waals surface area (Å²) in [5, 5.41) is 0. The molecule has 3 heteroatoms. The Morgan fingerprint density at radius 2 is 1.50 bits per heavy atom. The topological polar surface area (TPSA) is 0 Å². The third-order valence-corrected chi connectivity index (χ3v) is 18.3. The first-order valence-electron chi connectivity index (χ1n) is 3.84. The molecule has 0 aliphatic rings. The van der Waals surface area contributed by atoms with E-state index in [1.165, 1.54) is 0 Å². The third-order valence-electron chi connectivity index (χ3n) is 2.33. The van der Waals surface area contributed by atoms with Crippen LogP contribution in [0.4, 0.5) is 3.50 Å². The van der Waals surface area contributed by atoms with Gasteiger partial charge in [0, 0.05) is 0 Å². The molecule has 0 rings (SSSR count). The van der Waals surface area contributed by atoms with Gasteiger partial charge in [-0.25, -0.2) is 0 Å². The van der Waals surface area contributed by atoms with E-state index in [1.54, 1.807) is 0 Å². The van der Waals surface area contributed by atoms with Gasteiger partial charge in [0.1, 0.15) is 0 Å². The van der Waals surface area contributed by atoms with Crippen LogP contribution in [-0.4, -0.2) is 21.8 Å². The summed E-state index contributed by atoms with van der Waals surface area (Å²) in [6.45, 7) is 8.87. The normalized spacial score (nSPS) is 17.1. The van der Waals surface area contributed by atoms with Gasteiger partial charge in [0.15, 0.2) is 0 Å². The number of hydrogen-bond acceptors (Lipinski definition) is 0. The average molecular weight is 223 g/mol. The average Bonchev–Trinajstić information content (AvgIpc) is 1.59. The molecule has 0 N–H and O–H groups in total. The predicted molar refractivity (Wildman–Crippen MR) is 51.4 cm³/mol. The second-order valence-corrected chi connectivity index (χ2v) is 19.8. The van der Waals surface area contributed by atoms with Crippen molar-refractivity contribution >= 4 is 21.8 Å². The van der Waals surface area contributed by atoms with E-state index in [-0.39, 0.29) is 0 Å². The molecule has 0 bridgehead atoms. The van der Waals surface area contributed by atoms with E-state index >= 15 is 0 Å². The van der Waals surface area contributed by atoms with Gasteiger partial charge in [-0.15, -0.1) is 0 Å². The van der Waals surface area contributed by atoms with Crippen LogP contribution in [0.5, 0.6) is 0 Å². The summed E-state index contributed by atoms with van der Waals surface area (Å²) in [5.74, 6) is 3.73. The number of halogens is 1. The van der Waals surface area contributed by atoms with Crippen LogP contribution < -0.4 is 0 Å². The van der Waals surface area contributed by atoms with Gasteiger partial charge >= 0.3 is 67.8 Å². The summed E-state index contributed by atoms with van der Waals surface area (Å²) in [7, 11) is -1.19. The maximum absolute atomic E-state index is 13.5. The van der Waals surface area contributed by atoms with Crippen LogP contribution in [0.2, 0.25) is 35.5 Å². The van der Waals surface area contributed by atoms with Gasteiger partial charge in [-0.1, -0.05) is 0 Å². The molecule has 0 nitrogen and oxygen atoms in total. The first kappa shape index (κ1) is 10.7. The summed E-state index contributed by atoms with van der Waals surface area (Å²) >= 11 is -2.80. The minimum atomic E-state index is -2.80. The minimum absolute atomic E-state index is 0.424. The first-order chi connectivity index (χ1) is 4.15. The Labute approximate surface area is 68.1 Å². The van der Waals surface area contributed by atoms with Gasteiger partial charge in [0.25, 0.3) is 0 Å². The van der Waals surface area contributed by atoms with E-state index in [4.69, 9.17) is 0 Å². The first-order valence-corrected chi connectivity index (χ1v) is 13.6. The number of rotatable bonds is 2. The van der Waals surface area contributed by atoms with Crippen LogP contribution in [0, 0.1) is 0 Å².